The van der Waals surface area contributed by atoms with E-state index in [1.807, 2.05) is 6.92 Å². The second-order valence-electron chi connectivity index (χ2n) is 2.38. The number of ether oxygens (including phenoxy) is 1. The standard InChI is InChI=1S/C7H13NO2/c1-2-8-7-4-3-6(5-9)10-7/h2,6-7,9H,3-5H2,1H3/t6-,7+/m0/s1. The van der Waals surface area contributed by atoms with Gasteiger partial charge < -0.3 is 9.84 Å². The fourth-order valence-electron chi connectivity index (χ4n) is 1.10. The van der Waals surface area contributed by atoms with Crippen molar-refractivity contribution in [1.82, 2.24) is 0 Å². The highest BCUT2D eigenvalue weighted by Gasteiger charge is 2.22. The zero-order chi connectivity index (χ0) is 7.40. The highest BCUT2D eigenvalue weighted by atomic mass is 16.5. The summed E-state index contributed by atoms with van der Waals surface area (Å²) in [6.07, 6.45) is 3.63. The molecule has 0 unspecified atom stereocenters. The molecule has 0 aliphatic carbocycles. The Balaban J connectivity index is 2.28. The Morgan fingerprint density at radius 2 is 2.50 bits per heavy atom. The van der Waals surface area contributed by atoms with Crippen LogP contribution in [-0.2, 0) is 4.74 Å². The molecule has 1 aliphatic heterocycles. The summed E-state index contributed by atoms with van der Waals surface area (Å²) >= 11 is 0. The predicted molar refractivity (Wildman–Crippen MR) is 39.1 cm³/mol. The maximum Gasteiger partial charge on any atom is 0.148 e. The number of hydrogen-bond donors (Lipinski definition) is 1. The lowest BCUT2D eigenvalue weighted by Gasteiger charge is -2.05. The monoisotopic (exact) mass is 143 g/mol. The minimum Gasteiger partial charge on any atom is -0.394 e. The molecule has 0 spiro atoms. The molecule has 1 fully saturated rings. The second kappa shape index (κ2) is 3.68. The summed E-state index contributed by atoms with van der Waals surface area (Å²) in [7, 11) is 0. The first-order valence-corrected chi connectivity index (χ1v) is 3.61. The molecule has 0 aromatic heterocycles. The van der Waals surface area contributed by atoms with Gasteiger partial charge in [-0.15, -0.1) is 0 Å². The van der Waals surface area contributed by atoms with Crippen molar-refractivity contribution in [3.63, 3.8) is 0 Å². The summed E-state index contributed by atoms with van der Waals surface area (Å²) in [6, 6.07) is 0. The van der Waals surface area contributed by atoms with Gasteiger partial charge in [0.1, 0.15) is 6.23 Å². The van der Waals surface area contributed by atoms with Crippen molar-refractivity contribution in [3.05, 3.63) is 0 Å². The third-order valence-corrected chi connectivity index (χ3v) is 1.60. The number of aliphatic hydroxyl groups excluding tert-OH is 1. The van der Waals surface area contributed by atoms with Gasteiger partial charge in [-0.2, -0.15) is 0 Å². The number of hydrogen-bond acceptors (Lipinski definition) is 3. The van der Waals surface area contributed by atoms with E-state index in [2.05, 4.69) is 4.99 Å². The lowest BCUT2D eigenvalue weighted by Crippen LogP contribution is -2.12. The van der Waals surface area contributed by atoms with Crippen molar-refractivity contribution in [3.8, 4) is 0 Å². The Hall–Kier alpha value is -0.410. The molecule has 0 aromatic carbocycles. The van der Waals surface area contributed by atoms with Crippen LogP contribution in [0.5, 0.6) is 0 Å². The Labute approximate surface area is 60.7 Å². The summed E-state index contributed by atoms with van der Waals surface area (Å²) in [4.78, 5) is 4.06. The van der Waals surface area contributed by atoms with Crippen molar-refractivity contribution in [2.45, 2.75) is 32.1 Å². The predicted octanol–water partition coefficient (Wildman–Crippen LogP) is 0.575. The van der Waals surface area contributed by atoms with Gasteiger partial charge >= 0.3 is 0 Å². The normalized spacial score (nSPS) is 33.8. The first kappa shape index (κ1) is 7.69. The van der Waals surface area contributed by atoms with Gasteiger partial charge in [-0.05, 0) is 26.0 Å². The summed E-state index contributed by atoms with van der Waals surface area (Å²) in [5.41, 5.74) is 0. The highest BCUT2D eigenvalue weighted by molar-refractivity contribution is 5.53. The molecule has 0 aromatic rings. The number of rotatable bonds is 2. The number of aliphatic imine (C=N–C) groups is 1. The summed E-state index contributed by atoms with van der Waals surface area (Å²) in [5.74, 6) is 0. The summed E-state index contributed by atoms with van der Waals surface area (Å²) in [5, 5.41) is 8.68. The van der Waals surface area contributed by atoms with Crippen molar-refractivity contribution in [2.24, 2.45) is 4.99 Å². The fourth-order valence-corrected chi connectivity index (χ4v) is 1.10. The molecule has 1 rings (SSSR count). The molecule has 58 valence electrons. The van der Waals surface area contributed by atoms with Crippen molar-refractivity contribution in [2.75, 3.05) is 6.61 Å². The van der Waals surface area contributed by atoms with Crippen molar-refractivity contribution in [1.29, 1.82) is 0 Å². The molecule has 1 heterocycles. The van der Waals surface area contributed by atoms with Crippen LogP contribution in [0.3, 0.4) is 0 Å². The van der Waals surface area contributed by atoms with Crippen LogP contribution in [0.1, 0.15) is 19.8 Å². The van der Waals surface area contributed by atoms with Gasteiger partial charge in [-0.3, -0.25) is 4.99 Å². The Morgan fingerprint density at radius 1 is 1.70 bits per heavy atom. The van der Waals surface area contributed by atoms with E-state index >= 15 is 0 Å². The van der Waals surface area contributed by atoms with E-state index in [1.54, 1.807) is 6.21 Å². The molecule has 0 amide bonds. The molecule has 1 aliphatic rings. The van der Waals surface area contributed by atoms with Crippen LogP contribution in [0.2, 0.25) is 0 Å². The fraction of sp³-hybridized carbons (Fsp3) is 0.857. The van der Waals surface area contributed by atoms with Crippen LogP contribution in [0.15, 0.2) is 4.99 Å². The van der Waals surface area contributed by atoms with E-state index in [9.17, 15) is 0 Å². The molecule has 2 atom stereocenters. The molecule has 0 bridgehead atoms. The number of aliphatic hydroxyl groups is 1. The largest absolute Gasteiger partial charge is 0.394 e. The van der Waals surface area contributed by atoms with Crippen molar-refractivity contribution < 1.29 is 9.84 Å². The van der Waals surface area contributed by atoms with E-state index in [0.717, 1.165) is 12.8 Å². The van der Waals surface area contributed by atoms with Gasteiger partial charge in [-0.25, -0.2) is 0 Å². The minimum atomic E-state index is 0.00199. The molecular weight excluding hydrogens is 130 g/mol. The van der Waals surface area contributed by atoms with E-state index in [0.29, 0.717) is 0 Å². The molecule has 3 nitrogen and oxygen atoms in total. The smallest absolute Gasteiger partial charge is 0.148 e. The van der Waals surface area contributed by atoms with Gasteiger partial charge in [0.15, 0.2) is 0 Å². The zero-order valence-corrected chi connectivity index (χ0v) is 6.16. The molecule has 0 saturated carbocycles. The first-order chi connectivity index (χ1) is 4.86. The van der Waals surface area contributed by atoms with Crippen LogP contribution >= 0.6 is 0 Å². The quantitative estimate of drug-likeness (QED) is 0.574. The molecule has 0 radical (unpaired) electrons. The van der Waals surface area contributed by atoms with Gasteiger partial charge in [0.2, 0.25) is 0 Å². The third kappa shape index (κ3) is 1.78. The van der Waals surface area contributed by atoms with Crippen molar-refractivity contribution >= 4 is 6.21 Å². The van der Waals surface area contributed by atoms with Gasteiger partial charge in [-0.1, -0.05) is 0 Å². The molecular formula is C7H13NO2. The summed E-state index contributed by atoms with van der Waals surface area (Å²) < 4.78 is 5.30. The molecule has 3 heteroatoms. The van der Waals surface area contributed by atoms with Gasteiger partial charge in [0.25, 0.3) is 0 Å². The lowest BCUT2D eigenvalue weighted by atomic mass is 10.2. The van der Waals surface area contributed by atoms with E-state index < -0.39 is 0 Å². The first-order valence-electron chi connectivity index (χ1n) is 3.61. The third-order valence-electron chi connectivity index (χ3n) is 1.60. The average Bonchev–Trinajstić information content (AvgIpc) is 2.37. The van der Waals surface area contributed by atoms with E-state index in [-0.39, 0.29) is 18.9 Å². The Bertz CT molecular complexity index is 125. The van der Waals surface area contributed by atoms with Gasteiger partial charge in [0, 0.05) is 0 Å². The second-order valence-corrected chi connectivity index (χ2v) is 2.38. The molecule has 1 N–H and O–H groups in total. The van der Waals surface area contributed by atoms with E-state index in [1.165, 1.54) is 0 Å². The van der Waals surface area contributed by atoms with Gasteiger partial charge in [0.05, 0.1) is 12.7 Å². The highest BCUT2D eigenvalue weighted by Crippen LogP contribution is 2.19. The van der Waals surface area contributed by atoms with Crippen LogP contribution in [0, 0.1) is 0 Å². The van der Waals surface area contributed by atoms with Crippen LogP contribution in [0.4, 0.5) is 0 Å². The lowest BCUT2D eigenvalue weighted by molar-refractivity contribution is 0.0161. The molecule has 10 heavy (non-hydrogen) atoms. The topological polar surface area (TPSA) is 41.8 Å². The van der Waals surface area contributed by atoms with E-state index in [4.69, 9.17) is 9.84 Å². The van der Waals surface area contributed by atoms with Crippen LogP contribution in [-0.4, -0.2) is 30.3 Å². The SMILES string of the molecule is CC=N[C@H]1CC[C@@H](CO)O1. The maximum absolute atomic E-state index is 8.68. The Morgan fingerprint density at radius 3 is 3.00 bits per heavy atom. The zero-order valence-electron chi connectivity index (χ0n) is 6.16. The Kier molecular flexibility index (Phi) is 2.83. The summed E-state index contributed by atoms with van der Waals surface area (Å²) in [6.45, 7) is 1.99. The van der Waals surface area contributed by atoms with Crippen LogP contribution in [0.25, 0.3) is 0 Å². The molecule has 1 saturated heterocycles. The van der Waals surface area contributed by atoms with Crippen LogP contribution < -0.4 is 0 Å². The minimum absolute atomic E-state index is 0.00199. The number of nitrogens with zero attached hydrogens (tertiary/aromatic N) is 1. The average molecular weight is 143 g/mol. The maximum atomic E-state index is 8.68.